The molecule has 0 spiro atoms. The molecule has 5 heterocycles. The number of nitrogens with zero attached hydrogens (tertiary/aromatic N) is 8. The number of aromatic nitrogens is 6. The Balaban J connectivity index is 0.00000432. The SMILES string of the molecule is COCC1(CN(C)c2cc(-c3cnc(C4CC4)c(C(F)(F)F)c3)nc3nc(-c4cnc(N5CCN(CCC(=O)[O-])CC5)cn4)[nH]c23)CCC1.[Na+]. The number of carbonyl (C=O) groups excluding carboxylic acids is 1. The zero-order valence-electron chi connectivity index (χ0n) is 28.6. The third kappa shape index (κ3) is 7.76. The number of piperazine rings is 1. The average Bonchev–Trinajstić information content (AvgIpc) is 3.83. The Hall–Kier alpha value is -3.37. The Bertz CT molecular complexity index is 1820. The molecule has 260 valence electrons. The fraction of sp³-hybridized carbons (Fsp3) is 0.529. The van der Waals surface area contributed by atoms with E-state index in [1.165, 1.54) is 6.20 Å². The van der Waals surface area contributed by atoms with Gasteiger partial charge < -0.3 is 29.4 Å². The Kier molecular flexibility index (Phi) is 10.7. The monoisotopic (exact) mass is 701 g/mol. The number of carboxylic acid groups (broad SMARTS) is 1. The number of aliphatic carboxylic acids is 1. The molecular weight excluding hydrogens is 662 g/mol. The topological polar surface area (TPSA) is 139 Å². The molecule has 0 radical (unpaired) electrons. The number of halogens is 3. The first-order valence-corrected chi connectivity index (χ1v) is 16.7. The van der Waals surface area contributed by atoms with Gasteiger partial charge in [0.1, 0.15) is 17.0 Å². The number of methoxy groups -OCH3 is 1. The number of imidazole rings is 1. The molecule has 2 aliphatic carbocycles. The summed E-state index contributed by atoms with van der Waals surface area (Å²) in [5.41, 5.74) is 2.24. The quantitative estimate of drug-likeness (QED) is 0.211. The van der Waals surface area contributed by atoms with Crippen LogP contribution in [-0.4, -0.2) is 101 Å². The molecule has 16 heteroatoms. The molecule has 3 aliphatic rings. The van der Waals surface area contributed by atoms with Crippen molar-refractivity contribution in [2.45, 2.75) is 50.6 Å². The van der Waals surface area contributed by atoms with Crippen LogP contribution in [0, 0.1) is 5.41 Å². The Morgan fingerprint density at radius 3 is 2.42 bits per heavy atom. The van der Waals surface area contributed by atoms with Crippen LogP contribution in [-0.2, 0) is 15.7 Å². The van der Waals surface area contributed by atoms with Gasteiger partial charge in [-0.15, -0.1) is 0 Å². The van der Waals surface area contributed by atoms with Gasteiger partial charge in [0.05, 0.1) is 41.6 Å². The number of pyridine rings is 2. The smallest absolute Gasteiger partial charge is 0.550 e. The van der Waals surface area contributed by atoms with Gasteiger partial charge in [-0.25, -0.2) is 19.9 Å². The molecule has 2 saturated carbocycles. The number of fused-ring (bicyclic) bond motifs is 1. The fourth-order valence-corrected chi connectivity index (χ4v) is 7.04. The van der Waals surface area contributed by atoms with E-state index in [4.69, 9.17) is 14.7 Å². The number of anilines is 2. The van der Waals surface area contributed by atoms with Gasteiger partial charge >= 0.3 is 35.7 Å². The number of rotatable bonds is 12. The molecule has 7 rings (SSSR count). The van der Waals surface area contributed by atoms with Crippen molar-refractivity contribution in [3.63, 3.8) is 0 Å². The van der Waals surface area contributed by atoms with Gasteiger partial charge in [0.15, 0.2) is 11.5 Å². The van der Waals surface area contributed by atoms with Gasteiger partial charge in [0.25, 0.3) is 0 Å². The third-order valence-electron chi connectivity index (χ3n) is 9.98. The molecule has 1 N–H and O–H groups in total. The van der Waals surface area contributed by atoms with Crippen LogP contribution in [0.1, 0.15) is 55.7 Å². The number of aromatic amines is 1. The minimum atomic E-state index is -4.53. The second-order valence-corrected chi connectivity index (χ2v) is 13.6. The van der Waals surface area contributed by atoms with Gasteiger partial charge in [0, 0.05) is 82.5 Å². The van der Waals surface area contributed by atoms with Crippen molar-refractivity contribution in [3.05, 3.63) is 42.0 Å². The Labute approximate surface area is 310 Å². The second-order valence-electron chi connectivity index (χ2n) is 13.6. The van der Waals surface area contributed by atoms with Gasteiger partial charge in [-0.3, -0.25) is 9.88 Å². The van der Waals surface area contributed by atoms with E-state index in [-0.39, 0.29) is 58.6 Å². The summed E-state index contributed by atoms with van der Waals surface area (Å²) in [4.78, 5) is 43.5. The van der Waals surface area contributed by atoms with Crippen LogP contribution < -0.4 is 44.5 Å². The molecule has 12 nitrogen and oxygen atoms in total. The van der Waals surface area contributed by atoms with E-state index in [1.54, 1.807) is 25.6 Å². The van der Waals surface area contributed by atoms with Crippen molar-refractivity contribution in [3.8, 4) is 22.8 Å². The van der Waals surface area contributed by atoms with E-state index >= 15 is 0 Å². The van der Waals surface area contributed by atoms with Gasteiger partial charge in [-0.2, -0.15) is 13.2 Å². The molecule has 0 bridgehead atoms. The summed E-state index contributed by atoms with van der Waals surface area (Å²) in [5, 5.41) is 10.8. The van der Waals surface area contributed by atoms with Crippen LogP contribution in [0.5, 0.6) is 0 Å². The summed E-state index contributed by atoms with van der Waals surface area (Å²) in [6, 6.07) is 2.97. The molecule has 1 aliphatic heterocycles. The molecule has 4 aromatic rings. The summed E-state index contributed by atoms with van der Waals surface area (Å²) >= 11 is 0. The number of nitrogens with one attached hydrogen (secondary N) is 1. The molecule has 0 aromatic carbocycles. The van der Waals surface area contributed by atoms with E-state index in [1.807, 2.05) is 7.05 Å². The summed E-state index contributed by atoms with van der Waals surface area (Å²) in [7, 11) is 3.67. The van der Waals surface area contributed by atoms with E-state index in [2.05, 4.69) is 34.6 Å². The number of hydrogen-bond acceptors (Lipinski definition) is 11. The van der Waals surface area contributed by atoms with Crippen LogP contribution in [0.15, 0.2) is 30.7 Å². The van der Waals surface area contributed by atoms with Crippen LogP contribution in [0.3, 0.4) is 0 Å². The second kappa shape index (κ2) is 14.7. The van der Waals surface area contributed by atoms with Gasteiger partial charge in [-0.05, 0) is 44.2 Å². The predicted octanol–water partition coefficient (Wildman–Crippen LogP) is 0.892. The largest absolute Gasteiger partial charge is 1.00 e. The molecule has 0 atom stereocenters. The molecule has 1 saturated heterocycles. The number of ether oxygens (including phenoxy) is 1. The van der Waals surface area contributed by atoms with E-state index in [0.717, 1.165) is 31.0 Å². The third-order valence-corrected chi connectivity index (χ3v) is 9.98. The van der Waals surface area contributed by atoms with Crippen molar-refractivity contribution in [1.29, 1.82) is 0 Å². The summed E-state index contributed by atoms with van der Waals surface area (Å²) < 4.78 is 48.1. The molecule has 0 unspecified atom stereocenters. The van der Waals surface area contributed by atoms with Crippen molar-refractivity contribution in [1.82, 2.24) is 34.8 Å². The standard InChI is InChI=1S/C34H40F3N9O3.Na/c1-44(19-33(20-49-2)7-3-8-33)26-15-24(22-14-23(34(35,36)37)29(40-16-22)21-4-5-21)41-32-30(26)42-31(43-32)25-17-39-27(18-38-25)46-12-10-45(11-13-46)9-6-28(47)48;/h14-18,21H,3-13,19-20H2,1-2H3,(H,47,48)(H,41,42,43);/q;+1/p-1. The van der Waals surface area contributed by atoms with Gasteiger partial charge in [-0.1, -0.05) is 6.42 Å². The predicted molar refractivity (Wildman–Crippen MR) is 175 cm³/mol. The maximum Gasteiger partial charge on any atom is 1.00 e. The molecular formula is C34H39F3N9NaO3. The summed E-state index contributed by atoms with van der Waals surface area (Å²) in [6.07, 6.45) is 4.87. The van der Waals surface area contributed by atoms with Crippen molar-refractivity contribution in [2.75, 3.05) is 69.8 Å². The number of hydrogen-bond donors (Lipinski definition) is 1. The molecule has 50 heavy (non-hydrogen) atoms. The maximum atomic E-state index is 14.2. The summed E-state index contributed by atoms with van der Waals surface area (Å²) in [6.45, 7) is 4.55. The maximum absolute atomic E-state index is 14.2. The van der Waals surface area contributed by atoms with E-state index in [9.17, 15) is 23.1 Å². The zero-order chi connectivity index (χ0) is 34.3. The Morgan fingerprint density at radius 2 is 1.82 bits per heavy atom. The van der Waals surface area contributed by atoms with Crippen LogP contribution >= 0.6 is 0 Å². The van der Waals surface area contributed by atoms with Crippen LogP contribution in [0.2, 0.25) is 0 Å². The van der Waals surface area contributed by atoms with E-state index in [0.29, 0.717) is 92.9 Å². The normalized spacial score (nSPS) is 17.7. The molecule has 4 aromatic heterocycles. The average molecular weight is 702 g/mol. The van der Waals surface area contributed by atoms with E-state index < -0.39 is 17.7 Å². The number of carboxylic acids is 1. The number of H-pyrrole nitrogens is 1. The minimum Gasteiger partial charge on any atom is -0.550 e. The minimum absolute atomic E-state index is 0. The van der Waals surface area contributed by atoms with Crippen molar-refractivity contribution >= 4 is 28.6 Å². The summed E-state index contributed by atoms with van der Waals surface area (Å²) in [5.74, 6) is -0.0707. The molecule has 0 amide bonds. The van der Waals surface area contributed by atoms with Crippen LogP contribution in [0.4, 0.5) is 24.7 Å². The first-order chi connectivity index (χ1) is 23.5. The molecule has 3 fully saturated rings. The fourth-order valence-electron chi connectivity index (χ4n) is 7.04. The van der Waals surface area contributed by atoms with Crippen LogP contribution in [0.25, 0.3) is 33.9 Å². The van der Waals surface area contributed by atoms with Gasteiger partial charge in [0.2, 0.25) is 0 Å². The van der Waals surface area contributed by atoms with Crippen molar-refractivity contribution < 1.29 is 57.4 Å². The number of alkyl halides is 3. The Morgan fingerprint density at radius 1 is 1.06 bits per heavy atom. The first kappa shape index (κ1) is 36.4. The number of carbonyl (C=O) groups is 1. The van der Waals surface area contributed by atoms with Crippen molar-refractivity contribution in [2.24, 2.45) is 5.41 Å². The first-order valence-electron chi connectivity index (χ1n) is 16.7. The zero-order valence-corrected chi connectivity index (χ0v) is 30.6.